The molecule has 1 unspecified atom stereocenters. The number of carbonyl (C=O) groups is 1. The van der Waals surface area contributed by atoms with Crippen LogP contribution in [-0.4, -0.2) is 39.7 Å². The number of hydrogen-bond donors (Lipinski definition) is 0. The van der Waals surface area contributed by atoms with E-state index in [0.717, 1.165) is 0 Å². The van der Waals surface area contributed by atoms with E-state index in [1.54, 1.807) is 29.8 Å². The molecule has 0 spiro atoms. The minimum atomic E-state index is -4.32. The molecular weight excluding hydrogens is 451 g/mol. The van der Waals surface area contributed by atoms with Gasteiger partial charge >= 0.3 is 12.1 Å². The SMILES string of the molecule is CCOC(=O)c1cn2c(cc1=O)-c1c3cccc(OCCC(F)(F)F)c3nn1CC2C(C)(C)C. The van der Waals surface area contributed by atoms with Gasteiger partial charge in [0.25, 0.3) is 0 Å². The maximum atomic E-state index is 12.9. The van der Waals surface area contributed by atoms with Gasteiger partial charge in [0.2, 0.25) is 0 Å². The van der Waals surface area contributed by atoms with Gasteiger partial charge in [-0.25, -0.2) is 4.79 Å². The minimum absolute atomic E-state index is 0.0479. The van der Waals surface area contributed by atoms with Gasteiger partial charge in [-0.15, -0.1) is 0 Å². The monoisotopic (exact) mass is 477 g/mol. The molecule has 3 heterocycles. The molecule has 182 valence electrons. The van der Waals surface area contributed by atoms with E-state index in [1.165, 1.54) is 12.3 Å². The van der Waals surface area contributed by atoms with E-state index in [2.05, 4.69) is 5.10 Å². The van der Waals surface area contributed by atoms with Gasteiger partial charge in [-0.1, -0.05) is 32.9 Å². The summed E-state index contributed by atoms with van der Waals surface area (Å²) in [5.74, 6) is -0.437. The van der Waals surface area contributed by atoms with Gasteiger partial charge in [-0.05, 0) is 18.4 Å². The molecule has 1 atom stereocenters. The van der Waals surface area contributed by atoms with E-state index in [1.807, 2.05) is 25.3 Å². The smallest absolute Gasteiger partial charge is 0.392 e. The highest BCUT2D eigenvalue weighted by Gasteiger charge is 2.36. The molecule has 0 aliphatic carbocycles. The standard InChI is InChI=1S/C24H26F3N3O4/c1-5-33-22(32)15-12-29-16(11-17(15)31)21-14-7-6-8-18(34-10-9-24(25,26)27)20(14)28-30(21)13-19(29)23(2,3)4/h6-8,11-12,19H,5,9-10,13H2,1-4H3. The van der Waals surface area contributed by atoms with Crippen molar-refractivity contribution in [3.8, 4) is 17.1 Å². The molecule has 10 heteroatoms. The van der Waals surface area contributed by atoms with Crippen molar-refractivity contribution >= 4 is 16.9 Å². The summed E-state index contributed by atoms with van der Waals surface area (Å²) in [6, 6.07) is 6.28. The number of halogens is 3. The van der Waals surface area contributed by atoms with Crippen LogP contribution in [0.2, 0.25) is 0 Å². The van der Waals surface area contributed by atoms with Gasteiger partial charge in [0, 0.05) is 17.6 Å². The summed E-state index contributed by atoms with van der Waals surface area (Å²) >= 11 is 0. The molecule has 0 amide bonds. The molecule has 1 aliphatic heterocycles. The Kier molecular flexibility index (Phi) is 5.95. The average molecular weight is 477 g/mol. The first-order chi connectivity index (χ1) is 15.9. The van der Waals surface area contributed by atoms with Crippen molar-refractivity contribution < 1.29 is 27.4 Å². The van der Waals surface area contributed by atoms with Crippen LogP contribution in [0.3, 0.4) is 0 Å². The average Bonchev–Trinajstić information content (AvgIpc) is 3.11. The number of benzene rings is 1. The molecule has 0 radical (unpaired) electrons. The van der Waals surface area contributed by atoms with E-state index in [9.17, 15) is 22.8 Å². The van der Waals surface area contributed by atoms with Gasteiger partial charge in [0.15, 0.2) is 5.43 Å². The largest absolute Gasteiger partial charge is 0.491 e. The van der Waals surface area contributed by atoms with Crippen LogP contribution in [0.15, 0.2) is 35.3 Å². The van der Waals surface area contributed by atoms with Gasteiger partial charge in [-0.3, -0.25) is 9.48 Å². The maximum Gasteiger partial charge on any atom is 0.392 e. The van der Waals surface area contributed by atoms with Crippen LogP contribution in [0.4, 0.5) is 13.2 Å². The molecule has 1 aromatic carbocycles. The van der Waals surface area contributed by atoms with Crippen molar-refractivity contribution in [2.45, 2.75) is 52.9 Å². The second kappa shape index (κ2) is 8.48. The van der Waals surface area contributed by atoms with E-state index in [4.69, 9.17) is 9.47 Å². The predicted octanol–water partition coefficient (Wildman–Crippen LogP) is 4.97. The van der Waals surface area contributed by atoms with Crippen molar-refractivity contribution in [3.05, 3.63) is 46.2 Å². The number of esters is 1. The quantitative estimate of drug-likeness (QED) is 0.485. The summed E-state index contributed by atoms with van der Waals surface area (Å²) in [5.41, 5.74) is 0.842. The molecule has 7 nitrogen and oxygen atoms in total. The third-order valence-corrected chi connectivity index (χ3v) is 5.87. The highest BCUT2D eigenvalue weighted by atomic mass is 19.4. The third kappa shape index (κ3) is 4.41. The summed E-state index contributed by atoms with van der Waals surface area (Å²) in [7, 11) is 0. The van der Waals surface area contributed by atoms with Gasteiger partial charge in [-0.2, -0.15) is 18.3 Å². The molecule has 0 N–H and O–H groups in total. The van der Waals surface area contributed by atoms with Crippen LogP contribution in [0.1, 0.15) is 50.5 Å². The molecule has 0 bridgehead atoms. The first-order valence-electron chi connectivity index (χ1n) is 11.0. The van der Waals surface area contributed by atoms with E-state index in [-0.39, 0.29) is 29.4 Å². The molecule has 0 fully saturated rings. The predicted molar refractivity (Wildman–Crippen MR) is 120 cm³/mol. The zero-order valence-corrected chi connectivity index (χ0v) is 19.4. The minimum Gasteiger partial charge on any atom is -0.491 e. The van der Waals surface area contributed by atoms with Crippen molar-refractivity contribution in [3.63, 3.8) is 0 Å². The van der Waals surface area contributed by atoms with Crippen LogP contribution in [0, 0.1) is 5.41 Å². The van der Waals surface area contributed by atoms with Gasteiger partial charge < -0.3 is 14.0 Å². The number of hydrogen-bond acceptors (Lipinski definition) is 5. The molecular formula is C24H26F3N3O4. The lowest BCUT2D eigenvalue weighted by Crippen LogP contribution is -2.35. The van der Waals surface area contributed by atoms with E-state index < -0.39 is 30.6 Å². The van der Waals surface area contributed by atoms with Crippen molar-refractivity contribution in [1.82, 2.24) is 14.3 Å². The fraction of sp³-hybridized carbons (Fsp3) is 0.458. The number of ether oxygens (including phenoxy) is 2. The summed E-state index contributed by atoms with van der Waals surface area (Å²) in [5, 5.41) is 5.30. The zero-order valence-electron chi connectivity index (χ0n) is 19.4. The Balaban J connectivity index is 1.87. The number of alkyl halides is 3. The lowest BCUT2D eigenvalue weighted by Gasteiger charge is -2.38. The van der Waals surface area contributed by atoms with E-state index >= 15 is 0 Å². The van der Waals surface area contributed by atoms with Crippen LogP contribution < -0.4 is 10.2 Å². The second-order valence-corrected chi connectivity index (χ2v) is 9.34. The molecule has 0 saturated heterocycles. The Morgan fingerprint density at radius 1 is 1.24 bits per heavy atom. The van der Waals surface area contributed by atoms with Crippen LogP contribution in [-0.2, 0) is 11.3 Å². The second-order valence-electron chi connectivity index (χ2n) is 9.34. The summed E-state index contributed by atoms with van der Waals surface area (Å²) in [6.07, 6.45) is -3.85. The first kappa shape index (κ1) is 23.8. The fourth-order valence-corrected chi connectivity index (χ4v) is 4.22. The molecule has 4 rings (SSSR count). The number of nitrogens with zero attached hydrogens (tertiary/aromatic N) is 3. The maximum absolute atomic E-state index is 12.9. The molecule has 0 saturated carbocycles. The molecule has 2 aromatic heterocycles. The zero-order chi connectivity index (χ0) is 24.8. The number of carbonyl (C=O) groups excluding carboxylic acids is 1. The van der Waals surface area contributed by atoms with Gasteiger partial charge in [0.1, 0.15) is 16.8 Å². The lowest BCUT2D eigenvalue weighted by atomic mass is 9.85. The van der Waals surface area contributed by atoms with Crippen molar-refractivity contribution in [2.24, 2.45) is 5.41 Å². The lowest BCUT2D eigenvalue weighted by molar-refractivity contribution is -0.139. The van der Waals surface area contributed by atoms with Crippen molar-refractivity contribution in [1.29, 1.82) is 0 Å². The van der Waals surface area contributed by atoms with Gasteiger partial charge in [0.05, 0.1) is 43.6 Å². The Labute approximate surface area is 194 Å². The summed E-state index contributed by atoms with van der Waals surface area (Å²) < 4.78 is 51.9. The highest BCUT2D eigenvalue weighted by molar-refractivity contribution is 5.97. The van der Waals surface area contributed by atoms with Crippen LogP contribution in [0.25, 0.3) is 22.3 Å². The van der Waals surface area contributed by atoms with Crippen molar-refractivity contribution in [2.75, 3.05) is 13.2 Å². The normalized spacial score (nSPS) is 15.7. The number of rotatable bonds is 5. The Hall–Kier alpha value is -3.30. The Bertz CT molecular complexity index is 1300. The number of aromatic nitrogens is 3. The molecule has 1 aliphatic rings. The highest BCUT2D eigenvalue weighted by Crippen LogP contribution is 2.43. The summed E-state index contributed by atoms with van der Waals surface area (Å²) in [4.78, 5) is 25.2. The fourth-order valence-electron chi connectivity index (χ4n) is 4.22. The molecule has 3 aromatic rings. The molecule has 34 heavy (non-hydrogen) atoms. The van der Waals surface area contributed by atoms with E-state index in [0.29, 0.717) is 28.8 Å². The number of pyridine rings is 1. The van der Waals surface area contributed by atoms with Crippen LogP contribution in [0.5, 0.6) is 5.75 Å². The topological polar surface area (TPSA) is 75.3 Å². The first-order valence-corrected chi connectivity index (χ1v) is 11.0. The van der Waals surface area contributed by atoms with Crippen LogP contribution >= 0.6 is 0 Å². The summed E-state index contributed by atoms with van der Waals surface area (Å²) in [6.45, 7) is 7.88. The third-order valence-electron chi connectivity index (χ3n) is 5.87. The Morgan fingerprint density at radius 2 is 1.97 bits per heavy atom. The Morgan fingerprint density at radius 3 is 2.62 bits per heavy atom. The number of fused-ring (bicyclic) bond motifs is 5.